The van der Waals surface area contributed by atoms with Crippen molar-refractivity contribution < 1.29 is 34.2 Å². The molecular formula is C29H47N9O7. The van der Waals surface area contributed by atoms with Crippen molar-refractivity contribution in [1.82, 2.24) is 20.9 Å². The summed E-state index contributed by atoms with van der Waals surface area (Å²) >= 11 is 0. The third-order valence-corrected chi connectivity index (χ3v) is 7.39. The number of nitrogens with two attached hydrogens (primary N) is 4. The molecule has 0 saturated carbocycles. The van der Waals surface area contributed by atoms with Crippen LogP contribution in [-0.2, 0) is 30.4 Å². The van der Waals surface area contributed by atoms with E-state index < -0.39 is 59.9 Å². The number of anilines is 1. The average molecular weight is 634 g/mol. The molecular weight excluding hydrogens is 586 g/mol. The number of rotatable bonds is 18. The van der Waals surface area contributed by atoms with Crippen LogP contribution in [0.1, 0.15) is 57.4 Å². The molecule has 0 radical (unpaired) electrons. The van der Waals surface area contributed by atoms with Gasteiger partial charge in [0.15, 0.2) is 5.96 Å². The number of nitrogen functional groups attached to an aromatic ring is 1. The fourth-order valence-electron chi connectivity index (χ4n) is 4.99. The van der Waals surface area contributed by atoms with E-state index in [1.54, 1.807) is 24.3 Å². The molecule has 1 aromatic carbocycles. The highest BCUT2D eigenvalue weighted by atomic mass is 16.4. The number of carbonyl (C=O) groups is 5. The molecule has 45 heavy (non-hydrogen) atoms. The van der Waals surface area contributed by atoms with Gasteiger partial charge in [0.25, 0.3) is 0 Å². The minimum absolute atomic E-state index is 0.0637. The summed E-state index contributed by atoms with van der Waals surface area (Å²) in [5, 5.41) is 27.6. The molecule has 0 aliphatic carbocycles. The molecule has 1 aromatic rings. The third kappa shape index (κ3) is 12.2. The number of nitrogens with one attached hydrogen (secondary N) is 3. The van der Waals surface area contributed by atoms with Crippen LogP contribution in [0.15, 0.2) is 29.3 Å². The van der Waals surface area contributed by atoms with Gasteiger partial charge in [0.2, 0.25) is 23.6 Å². The number of carbonyl (C=O) groups excluding carboxylic acids is 4. The minimum Gasteiger partial charge on any atom is -0.480 e. The molecule has 1 aliphatic heterocycles. The van der Waals surface area contributed by atoms with Gasteiger partial charge in [0.05, 0.1) is 12.5 Å². The molecule has 1 fully saturated rings. The van der Waals surface area contributed by atoms with E-state index in [1.165, 1.54) is 11.8 Å². The molecule has 2 rings (SSSR count). The lowest BCUT2D eigenvalue weighted by Gasteiger charge is -2.31. The Labute approximate surface area is 262 Å². The van der Waals surface area contributed by atoms with Gasteiger partial charge in [-0.1, -0.05) is 12.1 Å². The quantitative estimate of drug-likeness (QED) is 0.0365. The van der Waals surface area contributed by atoms with E-state index in [-0.39, 0.29) is 38.3 Å². The van der Waals surface area contributed by atoms with E-state index in [2.05, 4.69) is 20.9 Å². The Bertz CT molecular complexity index is 1190. The van der Waals surface area contributed by atoms with Crippen LogP contribution >= 0.6 is 0 Å². The molecule has 250 valence electrons. The second-order valence-corrected chi connectivity index (χ2v) is 11.1. The van der Waals surface area contributed by atoms with Gasteiger partial charge in [-0.05, 0) is 76.1 Å². The molecule has 1 heterocycles. The van der Waals surface area contributed by atoms with Gasteiger partial charge in [0.1, 0.15) is 24.2 Å². The number of carboxylic acids is 1. The molecule has 0 aromatic heterocycles. The van der Waals surface area contributed by atoms with E-state index in [0.717, 1.165) is 0 Å². The largest absolute Gasteiger partial charge is 0.480 e. The van der Waals surface area contributed by atoms with Crippen molar-refractivity contribution in [3.05, 3.63) is 29.8 Å². The Balaban J connectivity index is 2.13. The molecule has 4 amide bonds. The maximum absolute atomic E-state index is 13.8. The first-order valence-electron chi connectivity index (χ1n) is 15.0. The number of guanidine groups is 1. The highest BCUT2D eigenvalue weighted by Crippen LogP contribution is 2.21. The Morgan fingerprint density at radius 3 is 2.27 bits per heavy atom. The van der Waals surface area contributed by atoms with Crippen molar-refractivity contribution in [1.29, 1.82) is 0 Å². The van der Waals surface area contributed by atoms with Gasteiger partial charge in [-0.3, -0.25) is 24.2 Å². The van der Waals surface area contributed by atoms with E-state index in [0.29, 0.717) is 49.9 Å². The predicted molar refractivity (Wildman–Crippen MR) is 167 cm³/mol. The minimum atomic E-state index is -1.36. The van der Waals surface area contributed by atoms with E-state index in [1.807, 2.05) is 0 Å². The fourth-order valence-corrected chi connectivity index (χ4v) is 4.99. The maximum Gasteiger partial charge on any atom is 0.326 e. The van der Waals surface area contributed by atoms with E-state index in [4.69, 9.17) is 22.9 Å². The summed E-state index contributed by atoms with van der Waals surface area (Å²) < 4.78 is 0. The Morgan fingerprint density at radius 1 is 1.00 bits per heavy atom. The van der Waals surface area contributed by atoms with Gasteiger partial charge in [0, 0.05) is 18.8 Å². The van der Waals surface area contributed by atoms with Crippen LogP contribution in [0, 0.1) is 0 Å². The SMILES string of the molecule is C[C@H](O)[C@H](NC(=O)Cc1ccc(N)cc1)C(=O)N[C@H](CCCCN)C(=O)N1CCC[C@H]1C(=O)N[C@H](CCCN=C(N)N)C(=O)O. The summed E-state index contributed by atoms with van der Waals surface area (Å²) in [6, 6.07) is 2.03. The first-order chi connectivity index (χ1) is 21.3. The summed E-state index contributed by atoms with van der Waals surface area (Å²) in [5.74, 6) is -3.81. The normalized spacial score (nSPS) is 17.0. The van der Waals surface area contributed by atoms with Crippen molar-refractivity contribution >= 4 is 41.2 Å². The standard InChI is InChI=1S/C29H47N9O7/c1-17(39)24(37-23(40)16-18-9-11-19(31)12-10-18)26(42)35-20(6-2-3-13-30)27(43)38-15-5-8-22(38)25(41)36-21(28(44)45)7-4-14-34-29(32)33/h9-12,17,20-22,24,39H,2-8,13-16,30-31H2,1H3,(H,35,42)(H,36,41)(H,37,40)(H,44,45)(H4,32,33,34)/t17-,20+,21+,22-,24-/m0/s1. The summed E-state index contributed by atoms with van der Waals surface area (Å²) in [6.07, 6.45) is 1.07. The molecule has 0 bridgehead atoms. The van der Waals surface area contributed by atoms with Gasteiger partial charge in [-0.15, -0.1) is 0 Å². The number of likely N-dealkylation sites (tertiary alicyclic amines) is 1. The second-order valence-electron chi connectivity index (χ2n) is 11.1. The number of unbranched alkanes of at least 4 members (excludes halogenated alkanes) is 1. The summed E-state index contributed by atoms with van der Waals surface area (Å²) in [5.41, 5.74) is 23.1. The maximum atomic E-state index is 13.8. The average Bonchev–Trinajstić information content (AvgIpc) is 3.47. The molecule has 16 heteroatoms. The lowest BCUT2D eigenvalue weighted by atomic mass is 10.0. The highest BCUT2D eigenvalue weighted by Gasteiger charge is 2.39. The van der Waals surface area contributed by atoms with Crippen LogP contribution in [-0.4, -0.2) is 101 Å². The zero-order valence-corrected chi connectivity index (χ0v) is 25.6. The molecule has 1 aliphatic rings. The van der Waals surface area contributed by atoms with Gasteiger partial charge >= 0.3 is 5.97 Å². The molecule has 13 N–H and O–H groups in total. The molecule has 0 spiro atoms. The molecule has 0 unspecified atom stereocenters. The van der Waals surface area contributed by atoms with E-state index in [9.17, 15) is 34.2 Å². The summed E-state index contributed by atoms with van der Waals surface area (Å²) in [4.78, 5) is 69.9. The van der Waals surface area contributed by atoms with Crippen molar-refractivity contribution in [2.45, 2.75) is 88.6 Å². The molecule has 1 saturated heterocycles. The zero-order valence-electron chi connectivity index (χ0n) is 25.6. The summed E-state index contributed by atoms with van der Waals surface area (Å²) in [7, 11) is 0. The first-order valence-corrected chi connectivity index (χ1v) is 15.0. The summed E-state index contributed by atoms with van der Waals surface area (Å²) in [6.45, 7) is 2.12. The number of aliphatic hydroxyl groups excluding tert-OH is 1. The van der Waals surface area contributed by atoms with Crippen LogP contribution in [0.5, 0.6) is 0 Å². The van der Waals surface area contributed by atoms with Crippen LogP contribution < -0.4 is 38.9 Å². The van der Waals surface area contributed by atoms with Crippen molar-refractivity contribution in [2.24, 2.45) is 22.2 Å². The van der Waals surface area contributed by atoms with Crippen LogP contribution in [0.4, 0.5) is 5.69 Å². The Kier molecular flexibility index (Phi) is 15.0. The second kappa shape index (κ2) is 18.4. The zero-order chi connectivity index (χ0) is 33.5. The number of carboxylic acid groups (broad SMARTS) is 1. The topological polar surface area (TPSA) is 282 Å². The van der Waals surface area contributed by atoms with Crippen molar-refractivity contribution in [2.75, 3.05) is 25.4 Å². The van der Waals surface area contributed by atoms with Crippen LogP contribution in [0.3, 0.4) is 0 Å². The highest BCUT2D eigenvalue weighted by molar-refractivity contribution is 5.95. The van der Waals surface area contributed by atoms with E-state index >= 15 is 0 Å². The number of amides is 4. The molecule has 5 atom stereocenters. The fraction of sp³-hybridized carbons (Fsp3) is 0.586. The third-order valence-electron chi connectivity index (χ3n) is 7.39. The number of hydrogen-bond donors (Lipinski definition) is 9. The Morgan fingerprint density at radius 2 is 1.67 bits per heavy atom. The number of hydrogen-bond acceptors (Lipinski definition) is 9. The first kappa shape index (κ1) is 36.8. The molecule has 16 nitrogen and oxygen atoms in total. The number of benzene rings is 1. The monoisotopic (exact) mass is 633 g/mol. The smallest absolute Gasteiger partial charge is 0.326 e. The number of aliphatic hydroxyl groups is 1. The lowest BCUT2D eigenvalue weighted by Crippen LogP contribution is -2.59. The van der Waals surface area contributed by atoms with Gasteiger partial charge < -0.3 is 54.0 Å². The van der Waals surface area contributed by atoms with Gasteiger partial charge in [-0.2, -0.15) is 0 Å². The number of nitrogens with zero attached hydrogens (tertiary/aromatic N) is 2. The predicted octanol–water partition coefficient (Wildman–Crippen LogP) is -2.10. The number of aliphatic carboxylic acids is 1. The van der Waals surface area contributed by atoms with Gasteiger partial charge in [-0.25, -0.2) is 4.79 Å². The van der Waals surface area contributed by atoms with Crippen LogP contribution in [0.2, 0.25) is 0 Å². The van der Waals surface area contributed by atoms with Crippen LogP contribution in [0.25, 0.3) is 0 Å². The van der Waals surface area contributed by atoms with Crippen molar-refractivity contribution in [3.63, 3.8) is 0 Å². The lowest BCUT2D eigenvalue weighted by molar-refractivity contribution is -0.145. The van der Waals surface area contributed by atoms with Crippen molar-refractivity contribution in [3.8, 4) is 0 Å². The number of aliphatic imine (C=N–C) groups is 1. The Hall–Kier alpha value is -4.44.